The van der Waals surface area contributed by atoms with Crippen LogP contribution in [0.4, 0.5) is 0 Å². The molecule has 2 heterocycles. The maximum absolute atomic E-state index is 12.4. The summed E-state index contributed by atoms with van der Waals surface area (Å²) < 4.78 is 12.3. The maximum atomic E-state index is 12.4. The van der Waals surface area contributed by atoms with E-state index in [2.05, 4.69) is 5.16 Å². The van der Waals surface area contributed by atoms with Crippen LogP contribution in [0.3, 0.4) is 0 Å². The standard InChI is InChI=1S/C19H14N2O3/c22-19-11-17(23-13-14-4-2-1-3-5-14)8-9-21(19)16-6-7-18-15(10-16)12-20-24-18/h1-12H,13H2. The third kappa shape index (κ3) is 2.79. The third-order valence-electron chi connectivity index (χ3n) is 3.75. The van der Waals surface area contributed by atoms with E-state index in [1.165, 1.54) is 6.07 Å². The Morgan fingerprint density at radius 1 is 1.04 bits per heavy atom. The van der Waals surface area contributed by atoms with Gasteiger partial charge in [-0.1, -0.05) is 35.5 Å². The molecule has 0 aliphatic rings. The van der Waals surface area contributed by atoms with Crippen molar-refractivity contribution in [1.82, 2.24) is 9.72 Å². The van der Waals surface area contributed by atoms with Gasteiger partial charge in [-0.3, -0.25) is 9.36 Å². The highest BCUT2D eigenvalue weighted by Gasteiger charge is 2.05. The second-order valence-electron chi connectivity index (χ2n) is 5.39. The topological polar surface area (TPSA) is 57.3 Å². The van der Waals surface area contributed by atoms with Gasteiger partial charge in [-0.25, -0.2) is 0 Å². The molecule has 4 aromatic rings. The molecule has 0 spiro atoms. The molecule has 4 rings (SSSR count). The highest BCUT2D eigenvalue weighted by molar-refractivity contribution is 5.78. The fourth-order valence-corrected chi connectivity index (χ4v) is 2.51. The average Bonchev–Trinajstić information content (AvgIpc) is 3.08. The van der Waals surface area contributed by atoms with E-state index in [1.54, 1.807) is 29.1 Å². The average molecular weight is 318 g/mol. The van der Waals surface area contributed by atoms with Crippen molar-refractivity contribution >= 4 is 11.0 Å². The van der Waals surface area contributed by atoms with Crippen molar-refractivity contribution in [3.05, 3.63) is 89.0 Å². The summed E-state index contributed by atoms with van der Waals surface area (Å²) in [5.74, 6) is 0.547. The van der Waals surface area contributed by atoms with Crippen LogP contribution in [0, 0.1) is 0 Å². The van der Waals surface area contributed by atoms with Gasteiger partial charge in [-0.05, 0) is 29.8 Å². The molecule has 24 heavy (non-hydrogen) atoms. The SMILES string of the molecule is O=c1cc(OCc2ccccc2)ccn1-c1ccc2oncc2c1. The summed E-state index contributed by atoms with van der Waals surface area (Å²) in [5, 5.41) is 4.59. The summed E-state index contributed by atoms with van der Waals surface area (Å²) in [7, 11) is 0. The lowest BCUT2D eigenvalue weighted by Gasteiger charge is -2.09. The highest BCUT2D eigenvalue weighted by Crippen LogP contribution is 2.18. The van der Waals surface area contributed by atoms with E-state index in [4.69, 9.17) is 9.26 Å². The molecule has 0 amide bonds. The van der Waals surface area contributed by atoms with Crippen LogP contribution in [0.15, 0.2) is 82.4 Å². The van der Waals surface area contributed by atoms with Crippen LogP contribution in [-0.2, 0) is 6.61 Å². The highest BCUT2D eigenvalue weighted by atomic mass is 16.5. The van der Waals surface area contributed by atoms with Crippen LogP contribution < -0.4 is 10.3 Å². The van der Waals surface area contributed by atoms with E-state index in [1.807, 2.05) is 42.5 Å². The zero-order chi connectivity index (χ0) is 16.4. The van der Waals surface area contributed by atoms with Gasteiger partial charge in [0.2, 0.25) is 0 Å². The Kier molecular flexibility index (Phi) is 3.59. The van der Waals surface area contributed by atoms with Gasteiger partial charge in [-0.2, -0.15) is 0 Å². The minimum absolute atomic E-state index is 0.156. The fraction of sp³-hybridized carbons (Fsp3) is 0.0526. The maximum Gasteiger partial charge on any atom is 0.258 e. The van der Waals surface area contributed by atoms with E-state index in [0.29, 0.717) is 17.9 Å². The summed E-state index contributed by atoms with van der Waals surface area (Å²) in [4.78, 5) is 12.4. The van der Waals surface area contributed by atoms with Crippen LogP contribution in [0.2, 0.25) is 0 Å². The van der Waals surface area contributed by atoms with Crippen molar-refractivity contribution in [1.29, 1.82) is 0 Å². The second kappa shape index (κ2) is 6.04. The molecule has 0 fully saturated rings. The number of fused-ring (bicyclic) bond motifs is 1. The van der Waals surface area contributed by atoms with Gasteiger partial charge in [-0.15, -0.1) is 0 Å². The number of aromatic nitrogens is 2. The molecule has 0 radical (unpaired) electrons. The largest absolute Gasteiger partial charge is 0.489 e. The van der Waals surface area contributed by atoms with Crippen LogP contribution >= 0.6 is 0 Å². The summed E-state index contributed by atoms with van der Waals surface area (Å²) >= 11 is 0. The lowest BCUT2D eigenvalue weighted by Crippen LogP contribution is -2.16. The molecule has 0 saturated heterocycles. The molecule has 0 N–H and O–H groups in total. The van der Waals surface area contributed by atoms with E-state index in [0.717, 1.165) is 16.6 Å². The van der Waals surface area contributed by atoms with Crippen molar-refractivity contribution in [2.45, 2.75) is 6.61 Å². The van der Waals surface area contributed by atoms with E-state index < -0.39 is 0 Å². The minimum Gasteiger partial charge on any atom is -0.489 e. The van der Waals surface area contributed by atoms with Gasteiger partial charge < -0.3 is 9.26 Å². The number of hydrogen-bond donors (Lipinski definition) is 0. The number of pyridine rings is 1. The lowest BCUT2D eigenvalue weighted by molar-refractivity contribution is 0.305. The Bertz CT molecular complexity index is 1040. The van der Waals surface area contributed by atoms with Gasteiger partial charge in [0.25, 0.3) is 5.56 Å². The molecule has 118 valence electrons. The Morgan fingerprint density at radius 2 is 1.92 bits per heavy atom. The summed E-state index contributed by atoms with van der Waals surface area (Å²) in [6.45, 7) is 0.428. The van der Waals surface area contributed by atoms with Gasteiger partial charge in [0.1, 0.15) is 12.4 Å². The van der Waals surface area contributed by atoms with Crippen molar-refractivity contribution in [2.75, 3.05) is 0 Å². The molecule has 2 aromatic carbocycles. The van der Waals surface area contributed by atoms with Gasteiger partial charge in [0.05, 0.1) is 6.20 Å². The number of benzene rings is 2. The van der Waals surface area contributed by atoms with Crippen molar-refractivity contribution in [3.8, 4) is 11.4 Å². The molecule has 0 saturated carbocycles. The Morgan fingerprint density at radius 3 is 2.75 bits per heavy atom. The smallest absolute Gasteiger partial charge is 0.258 e. The van der Waals surface area contributed by atoms with Crippen molar-refractivity contribution < 1.29 is 9.26 Å². The predicted octanol–water partition coefficient (Wildman–Crippen LogP) is 3.56. The Labute approximate surface area is 137 Å². The quantitative estimate of drug-likeness (QED) is 0.577. The Hall–Kier alpha value is -3.34. The van der Waals surface area contributed by atoms with Crippen LogP contribution in [-0.4, -0.2) is 9.72 Å². The number of nitrogens with zero attached hydrogens (tertiary/aromatic N) is 2. The zero-order valence-electron chi connectivity index (χ0n) is 12.8. The zero-order valence-corrected chi connectivity index (χ0v) is 12.8. The molecular formula is C19H14N2O3. The number of ether oxygens (including phenoxy) is 1. The molecule has 0 aliphatic heterocycles. The predicted molar refractivity (Wildman–Crippen MR) is 90.4 cm³/mol. The molecule has 2 aromatic heterocycles. The normalized spacial score (nSPS) is 10.8. The number of hydrogen-bond acceptors (Lipinski definition) is 4. The minimum atomic E-state index is -0.156. The fourth-order valence-electron chi connectivity index (χ4n) is 2.51. The monoisotopic (exact) mass is 318 g/mol. The Balaban J connectivity index is 1.58. The van der Waals surface area contributed by atoms with Gasteiger partial charge in [0.15, 0.2) is 5.58 Å². The lowest BCUT2D eigenvalue weighted by atomic mass is 10.2. The first kappa shape index (κ1) is 14.3. The first-order chi connectivity index (χ1) is 11.8. The van der Waals surface area contributed by atoms with Crippen LogP contribution in [0.25, 0.3) is 16.7 Å². The third-order valence-corrected chi connectivity index (χ3v) is 3.75. The van der Waals surface area contributed by atoms with Gasteiger partial charge in [0, 0.05) is 23.3 Å². The molecule has 0 atom stereocenters. The molecule has 0 unspecified atom stereocenters. The molecule has 5 nitrogen and oxygen atoms in total. The number of rotatable bonds is 4. The molecule has 0 aliphatic carbocycles. The summed E-state index contributed by atoms with van der Waals surface area (Å²) in [5.41, 5.74) is 2.34. The first-order valence-electron chi connectivity index (χ1n) is 7.54. The van der Waals surface area contributed by atoms with E-state index >= 15 is 0 Å². The van der Waals surface area contributed by atoms with Crippen molar-refractivity contribution in [3.63, 3.8) is 0 Å². The summed E-state index contributed by atoms with van der Waals surface area (Å²) in [6.07, 6.45) is 3.33. The molecular weight excluding hydrogens is 304 g/mol. The van der Waals surface area contributed by atoms with E-state index in [-0.39, 0.29) is 5.56 Å². The van der Waals surface area contributed by atoms with Gasteiger partial charge >= 0.3 is 0 Å². The van der Waals surface area contributed by atoms with Crippen LogP contribution in [0.5, 0.6) is 5.75 Å². The molecule has 0 bridgehead atoms. The molecule has 5 heteroatoms. The first-order valence-corrected chi connectivity index (χ1v) is 7.54. The van der Waals surface area contributed by atoms with E-state index in [9.17, 15) is 4.79 Å². The van der Waals surface area contributed by atoms with Crippen LogP contribution in [0.1, 0.15) is 5.56 Å². The summed E-state index contributed by atoms with van der Waals surface area (Å²) in [6, 6.07) is 18.6. The second-order valence-corrected chi connectivity index (χ2v) is 5.39. The van der Waals surface area contributed by atoms with Crippen molar-refractivity contribution in [2.24, 2.45) is 0 Å².